The van der Waals surface area contributed by atoms with Crippen LogP contribution in [0.5, 0.6) is 0 Å². The van der Waals surface area contributed by atoms with Crippen molar-refractivity contribution in [3.63, 3.8) is 0 Å². The monoisotopic (exact) mass is 196 g/mol. The van der Waals surface area contributed by atoms with Crippen molar-refractivity contribution in [3.05, 3.63) is 12.7 Å². The molecule has 1 saturated carbocycles. The zero-order valence-corrected chi connectivity index (χ0v) is 9.63. The summed E-state index contributed by atoms with van der Waals surface area (Å²) in [5.74, 6) is 0.827. The highest BCUT2D eigenvalue weighted by atomic mass is 16.3. The van der Waals surface area contributed by atoms with E-state index in [4.69, 9.17) is 0 Å². The zero-order chi connectivity index (χ0) is 10.6. The fraction of sp³-hybridized carbons (Fsp3) is 0.846. The van der Waals surface area contributed by atoms with E-state index in [9.17, 15) is 5.11 Å². The molecular weight excluding hydrogens is 172 g/mol. The van der Waals surface area contributed by atoms with E-state index < -0.39 is 0 Å². The second-order valence-corrected chi connectivity index (χ2v) is 5.38. The van der Waals surface area contributed by atoms with Crippen LogP contribution in [-0.4, -0.2) is 11.2 Å². The molecule has 0 heterocycles. The summed E-state index contributed by atoms with van der Waals surface area (Å²) in [6.07, 6.45) is 9.32. The summed E-state index contributed by atoms with van der Waals surface area (Å²) in [5, 5.41) is 9.80. The summed E-state index contributed by atoms with van der Waals surface area (Å²) in [4.78, 5) is 0. The van der Waals surface area contributed by atoms with E-state index in [0.29, 0.717) is 0 Å². The largest absolute Gasteiger partial charge is 0.388 e. The summed E-state index contributed by atoms with van der Waals surface area (Å²) in [5.41, 5.74) is 0.00373. The molecular formula is C13H24O. The standard InChI is InChI=1S/C13H24O/c1-4-12(14)13(2,3)10-11-8-6-5-7-9-11/h4,11-12,14H,1,5-10H2,2-3H3/t12-/m0/s1. The molecule has 1 aliphatic carbocycles. The molecule has 0 bridgehead atoms. The van der Waals surface area contributed by atoms with Gasteiger partial charge in [-0.3, -0.25) is 0 Å². The molecule has 1 aliphatic rings. The second-order valence-electron chi connectivity index (χ2n) is 5.38. The molecule has 0 aliphatic heterocycles. The maximum absolute atomic E-state index is 9.80. The average Bonchev–Trinajstić information content (AvgIpc) is 2.17. The lowest BCUT2D eigenvalue weighted by molar-refractivity contribution is 0.0627. The van der Waals surface area contributed by atoms with E-state index in [1.54, 1.807) is 6.08 Å². The van der Waals surface area contributed by atoms with Gasteiger partial charge in [-0.05, 0) is 17.8 Å². The lowest BCUT2D eigenvalue weighted by Crippen LogP contribution is -2.30. The van der Waals surface area contributed by atoms with Gasteiger partial charge < -0.3 is 5.11 Å². The molecule has 0 spiro atoms. The van der Waals surface area contributed by atoms with E-state index in [0.717, 1.165) is 12.3 Å². The van der Waals surface area contributed by atoms with Crippen LogP contribution in [0.15, 0.2) is 12.7 Å². The predicted molar refractivity (Wildman–Crippen MR) is 61.2 cm³/mol. The van der Waals surface area contributed by atoms with Gasteiger partial charge in [0.15, 0.2) is 0 Å². The highest BCUT2D eigenvalue weighted by Crippen LogP contribution is 2.36. The second kappa shape index (κ2) is 4.97. The molecule has 1 N–H and O–H groups in total. The Hall–Kier alpha value is -0.300. The van der Waals surface area contributed by atoms with Gasteiger partial charge in [0, 0.05) is 0 Å². The zero-order valence-electron chi connectivity index (χ0n) is 9.63. The molecule has 1 atom stereocenters. The third-order valence-electron chi connectivity index (χ3n) is 3.56. The minimum absolute atomic E-state index is 0.00373. The van der Waals surface area contributed by atoms with Crippen LogP contribution in [0.4, 0.5) is 0 Å². The smallest absolute Gasteiger partial charge is 0.0769 e. The van der Waals surface area contributed by atoms with E-state index in [1.807, 2.05) is 0 Å². The Morgan fingerprint density at radius 1 is 1.36 bits per heavy atom. The molecule has 1 rings (SSSR count). The van der Waals surface area contributed by atoms with Crippen molar-refractivity contribution in [2.45, 2.75) is 58.5 Å². The maximum Gasteiger partial charge on any atom is 0.0769 e. The highest BCUT2D eigenvalue weighted by molar-refractivity contribution is 4.91. The number of hydrogen-bond acceptors (Lipinski definition) is 1. The van der Waals surface area contributed by atoms with Gasteiger partial charge in [0.05, 0.1) is 6.10 Å². The van der Waals surface area contributed by atoms with Crippen molar-refractivity contribution in [1.29, 1.82) is 0 Å². The van der Waals surface area contributed by atoms with Crippen molar-refractivity contribution in [1.82, 2.24) is 0 Å². The number of aliphatic hydroxyl groups is 1. The Balaban J connectivity index is 2.43. The van der Waals surface area contributed by atoms with Crippen LogP contribution in [0, 0.1) is 11.3 Å². The molecule has 0 aromatic heterocycles. The average molecular weight is 196 g/mol. The van der Waals surface area contributed by atoms with E-state index >= 15 is 0 Å². The molecule has 0 unspecified atom stereocenters. The molecule has 0 saturated heterocycles. The minimum Gasteiger partial charge on any atom is -0.388 e. The minimum atomic E-state index is -0.357. The molecule has 0 aromatic rings. The van der Waals surface area contributed by atoms with Crippen molar-refractivity contribution < 1.29 is 5.11 Å². The Labute approximate surface area is 88.2 Å². The first-order valence-electron chi connectivity index (χ1n) is 5.87. The van der Waals surface area contributed by atoms with E-state index in [1.165, 1.54) is 32.1 Å². The van der Waals surface area contributed by atoms with Gasteiger partial charge in [-0.15, -0.1) is 6.58 Å². The Bertz CT molecular complexity index is 178. The van der Waals surface area contributed by atoms with Gasteiger partial charge in [0.25, 0.3) is 0 Å². The number of hydrogen-bond donors (Lipinski definition) is 1. The molecule has 1 nitrogen and oxygen atoms in total. The first kappa shape index (κ1) is 11.8. The van der Waals surface area contributed by atoms with Gasteiger partial charge >= 0.3 is 0 Å². The van der Waals surface area contributed by atoms with Crippen LogP contribution in [-0.2, 0) is 0 Å². The van der Waals surface area contributed by atoms with Crippen LogP contribution in [0.1, 0.15) is 52.4 Å². The molecule has 0 aromatic carbocycles. The van der Waals surface area contributed by atoms with Gasteiger partial charge in [-0.2, -0.15) is 0 Å². The summed E-state index contributed by atoms with van der Waals surface area (Å²) in [7, 11) is 0. The fourth-order valence-electron chi connectivity index (χ4n) is 2.58. The molecule has 0 radical (unpaired) electrons. The van der Waals surface area contributed by atoms with Crippen LogP contribution in [0.2, 0.25) is 0 Å². The highest BCUT2D eigenvalue weighted by Gasteiger charge is 2.29. The molecule has 1 heteroatoms. The molecule has 82 valence electrons. The normalized spacial score (nSPS) is 21.9. The van der Waals surface area contributed by atoms with Crippen LogP contribution in [0.3, 0.4) is 0 Å². The SMILES string of the molecule is C=C[C@H](O)C(C)(C)CC1CCCCC1. The van der Waals surface area contributed by atoms with Crippen molar-refractivity contribution in [2.24, 2.45) is 11.3 Å². The van der Waals surface area contributed by atoms with E-state index in [2.05, 4.69) is 20.4 Å². The van der Waals surface area contributed by atoms with Crippen molar-refractivity contribution in [2.75, 3.05) is 0 Å². The summed E-state index contributed by atoms with van der Waals surface area (Å²) >= 11 is 0. The summed E-state index contributed by atoms with van der Waals surface area (Å²) < 4.78 is 0. The molecule has 0 amide bonds. The number of aliphatic hydroxyl groups excluding tert-OH is 1. The number of rotatable bonds is 4. The van der Waals surface area contributed by atoms with Crippen LogP contribution < -0.4 is 0 Å². The van der Waals surface area contributed by atoms with Gasteiger partial charge in [-0.1, -0.05) is 52.0 Å². The third kappa shape index (κ3) is 3.13. The quantitative estimate of drug-likeness (QED) is 0.682. The molecule has 14 heavy (non-hydrogen) atoms. The Morgan fingerprint density at radius 2 is 1.93 bits per heavy atom. The van der Waals surface area contributed by atoms with Gasteiger partial charge in [0.1, 0.15) is 0 Å². The summed E-state index contributed by atoms with van der Waals surface area (Å²) in [6.45, 7) is 7.96. The Morgan fingerprint density at radius 3 is 2.43 bits per heavy atom. The lowest BCUT2D eigenvalue weighted by Gasteiger charge is -2.34. The maximum atomic E-state index is 9.80. The predicted octanol–water partition coefficient (Wildman–Crippen LogP) is 3.53. The Kier molecular flexibility index (Phi) is 4.18. The lowest BCUT2D eigenvalue weighted by atomic mass is 9.74. The van der Waals surface area contributed by atoms with Gasteiger partial charge in [-0.25, -0.2) is 0 Å². The summed E-state index contributed by atoms with van der Waals surface area (Å²) in [6, 6.07) is 0. The van der Waals surface area contributed by atoms with Crippen LogP contribution in [0.25, 0.3) is 0 Å². The van der Waals surface area contributed by atoms with E-state index in [-0.39, 0.29) is 11.5 Å². The van der Waals surface area contributed by atoms with Gasteiger partial charge in [0.2, 0.25) is 0 Å². The first-order valence-corrected chi connectivity index (χ1v) is 5.87. The fourth-order valence-corrected chi connectivity index (χ4v) is 2.58. The van der Waals surface area contributed by atoms with Crippen LogP contribution >= 0.6 is 0 Å². The topological polar surface area (TPSA) is 20.2 Å². The van der Waals surface area contributed by atoms with Crippen molar-refractivity contribution >= 4 is 0 Å². The first-order chi connectivity index (χ1) is 6.56. The molecule has 1 fully saturated rings. The third-order valence-corrected chi connectivity index (χ3v) is 3.56. The van der Waals surface area contributed by atoms with Crippen molar-refractivity contribution in [3.8, 4) is 0 Å².